The Balaban J connectivity index is 1.72. The molecule has 1 aliphatic rings. The minimum atomic E-state index is -0.591. The number of hydrogen-bond donors (Lipinski definition) is 0. The Morgan fingerprint density at radius 2 is 2.00 bits per heavy atom. The standard InChI is InChI=1S/C17H17BrN2O5/c1-2-5-20-16(21)4-3-13(19-20)17(22)25-10-11-8-14-15(9-12(11)18)24-7-6-23-14/h3-4,8-9H,2,5-7,10H2,1H3. The van der Waals surface area contributed by atoms with Crippen molar-refractivity contribution in [2.24, 2.45) is 0 Å². The van der Waals surface area contributed by atoms with Crippen molar-refractivity contribution in [1.82, 2.24) is 9.78 Å². The number of carbonyl (C=O) groups is 1. The van der Waals surface area contributed by atoms with Crippen LogP contribution >= 0.6 is 15.9 Å². The first-order chi connectivity index (χ1) is 12.1. The number of ether oxygens (including phenoxy) is 3. The van der Waals surface area contributed by atoms with Crippen molar-refractivity contribution >= 4 is 21.9 Å². The van der Waals surface area contributed by atoms with Gasteiger partial charge in [0, 0.05) is 22.6 Å². The van der Waals surface area contributed by atoms with Gasteiger partial charge in [0.05, 0.1) is 0 Å². The summed E-state index contributed by atoms with van der Waals surface area (Å²) in [6.45, 7) is 3.42. The highest BCUT2D eigenvalue weighted by Crippen LogP contribution is 2.35. The lowest BCUT2D eigenvalue weighted by Crippen LogP contribution is -2.24. The van der Waals surface area contributed by atoms with E-state index in [2.05, 4.69) is 21.0 Å². The van der Waals surface area contributed by atoms with Crippen molar-refractivity contribution in [1.29, 1.82) is 0 Å². The van der Waals surface area contributed by atoms with Gasteiger partial charge in [-0.1, -0.05) is 22.9 Å². The van der Waals surface area contributed by atoms with E-state index in [1.165, 1.54) is 16.8 Å². The molecule has 0 unspecified atom stereocenters. The third kappa shape index (κ3) is 4.01. The average molecular weight is 409 g/mol. The van der Waals surface area contributed by atoms with E-state index in [0.717, 1.165) is 16.5 Å². The van der Waals surface area contributed by atoms with Gasteiger partial charge < -0.3 is 14.2 Å². The Hall–Kier alpha value is -2.35. The van der Waals surface area contributed by atoms with Crippen LogP contribution in [-0.4, -0.2) is 29.0 Å². The van der Waals surface area contributed by atoms with Gasteiger partial charge in [-0.15, -0.1) is 0 Å². The van der Waals surface area contributed by atoms with E-state index in [1.54, 1.807) is 12.1 Å². The van der Waals surface area contributed by atoms with Crippen LogP contribution in [0.15, 0.2) is 33.5 Å². The number of aryl methyl sites for hydroxylation is 1. The molecule has 7 nitrogen and oxygen atoms in total. The number of hydrogen-bond acceptors (Lipinski definition) is 6. The maximum Gasteiger partial charge on any atom is 0.359 e. The van der Waals surface area contributed by atoms with E-state index in [4.69, 9.17) is 14.2 Å². The van der Waals surface area contributed by atoms with Gasteiger partial charge in [-0.05, 0) is 24.6 Å². The highest BCUT2D eigenvalue weighted by molar-refractivity contribution is 9.10. The molecule has 8 heteroatoms. The zero-order valence-electron chi connectivity index (χ0n) is 13.7. The molecule has 0 saturated heterocycles. The Labute approximate surface area is 152 Å². The molecule has 0 atom stereocenters. The molecule has 2 aromatic rings. The average Bonchev–Trinajstić information content (AvgIpc) is 2.61. The summed E-state index contributed by atoms with van der Waals surface area (Å²) in [5, 5.41) is 4.04. The zero-order chi connectivity index (χ0) is 17.8. The molecule has 0 aliphatic carbocycles. The first-order valence-corrected chi connectivity index (χ1v) is 8.71. The molecule has 0 saturated carbocycles. The van der Waals surface area contributed by atoms with Gasteiger partial charge in [-0.2, -0.15) is 5.10 Å². The van der Waals surface area contributed by atoms with Gasteiger partial charge in [0.25, 0.3) is 5.56 Å². The largest absolute Gasteiger partial charge is 0.486 e. The topological polar surface area (TPSA) is 79.7 Å². The van der Waals surface area contributed by atoms with E-state index < -0.39 is 5.97 Å². The molecule has 1 aromatic heterocycles. The summed E-state index contributed by atoms with van der Waals surface area (Å²) in [4.78, 5) is 23.9. The molecule has 3 rings (SSSR count). The molecule has 0 fully saturated rings. The van der Waals surface area contributed by atoms with Gasteiger partial charge in [0.1, 0.15) is 19.8 Å². The van der Waals surface area contributed by atoms with Crippen LogP contribution in [0, 0.1) is 0 Å². The van der Waals surface area contributed by atoms with Gasteiger partial charge >= 0.3 is 5.97 Å². The fourth-order valence-corrected chi connectivity index (χ4v) is 2.80. The number of halogens is 1. The minimum absolute atomic E-state index is 0.0463. The second-order valence-corrected chi connectivity index (χ2v) is 6.30. The van der Waals surface area contributed by atoms with Gasteiger partial charge in [-0.3, -0.25) is 4.79 Å². The van der Waals surface area contributed by atoms with E-state index in [-0.39, 0.29) is 17.9 Å². The minimum Gasteiger partial charge on any atom is -0.486 e. The monoisotopic (exact) mass is 408 g/mol. The van der Waals surface area contributed by atoms with Gasteiger partial charge in [0.15, 0.2) is 17.2 Å². The summed E-state index contributed by atoms with van der Waals surface area (Å²) in [6.07, 6.45) is 0.746. The lowest BCUT2D eigenvalue weighted by atomic mass is 10.2. The Morgan fingerprint density at radius 1 is 1.28 bits per heavy atom. The fourth-order valence-electron chi connectivity index (χ4n) is 2.36. The van der Waals surface area contributed by atoms with E-state index in [1.807, 2.05) is 6.92 Å². The van der Waals surface area contributed by atoms with Crippen molar-refractivity contribution in [3.05, 3.63) is 50.3 Å². The van der Waals surface area contributed by atoms with E-state index >= 15 is 0 Å². The predicted molar refractivity (Wildman–Crippen MR) is 93.0 cm³/mol. The SMILES string of the molecule is CCCn1nc(C(=O)OCc2cc3c(cc2Br)OCCO3)ccc1=O. The first-order valence-electron chi connectivity index (χ1n) is 7.92. The first kappa shape index (κ1) is 17.5. The van der Waals surface area contributed by atoms with Gasteiger partial charge in [0.2, 0.25) is 0 Å². The molecule has 0 bridgehead atoms. The fraction of sp³-hybridized carbons (Fsp3) is 0.353. The lowest BCUT2D eigenvalue weighted by Gasteiger charge is -2.19. The molecular formula is C17H17BrN2O5. The lowest BCUT2D eigenvalue weighted by molar-refractivity contribution is 0.0461. The Kier molecular flexibility index (Phi) is 5.37. The number of fused-ring (bicyclic) bond motifs is 1. The van der Waals surface area contributed by atoms with Crippen LogP contribution in [0.1, 0.15) is 29.4 Å². The number of nitrogens with zero attached hydrogens (tertiary/aromatic N) is 2. The highest BCUT2D eigenvalue weighted by atomic mass is 79.9. The third-order valence-corrected chi connectivity index (χ3v) is 4.32. The van der Waals surface area contributed by atoms with Crippen LogP contribution < -0.4 is 15.0 Å². The quantitative estimate of drug-likeness (QED) is 0.707. The number of benzene rings is 1. The van der Waals surface area contributed by atoms with E-state index in [0.29, 0.717) is 31.3 Å². The molecule has 0 radical (unpaired) electrons. The van der Waals surface area contributed by atoms with Crippen LogP contribution in [-0.2, 0) is 17.9 Å². The number of rotatable bonds is 5. The van der Waals surface area contributed by atoms with Crippen LogP contribution in [0.4, 0.5) is 0 Å². The summed E-state index contributed by atoms with van der Waals surface area (Å²) < 4.78 is 18.4. The van der Waals surface area contributed by atoms with Crippen molar-refractivity contribution in [2.45, 2.75) is 26.5 Å². The summed E-state index contributed by atoms with van der Waals surface area (Å²) in [7, 11) is 0. The summed E-state index contributed by atoms with van der Waals surface area (Å²) in [5.74, 6) is 0.684. The maximum absolute atomic E-state index is 12.2. The van der Waals surface area contributed by atoms with E-state index in [9.17, 15) is 9.59 Å². The Morgan fingerprint density at radius 3 is 2.72 bits per heavy atom. The summed E-state index contributed by atoms with van der Waals surface area (Å²) >= 11 is 3.44. The zero-order valence-corrected chi connectivity index (χ0v) is 15.2. The molecule has 0 amide bonds. The number of carbonyl (C=O) groups excluding carboxylic acids is 1. The number of aromatic nitrogens is 2. The van der Waals surface area contributed by atoms with Crippen LogP contribution in [0.3, 0.4) is 0 Å². The van der Waals surface area contributed by atoms with Crippen molar-refractivity contribution in [3.63, 3.8) is 0 Å². The van der Waals surface area contributed by atoms with Crippen molar-refractivity contribution in [3.8, 4) is 11.5 Å². The summed E-state index contributed by atoms with van der Waals surface area (Å²) in [6, 6.07) is 6.25. The second kappa shape index (κ2) is 7.69. The van der Waals surface area contributed by atoms with Crippen molar-refractivity contribution < 1.29 is 19.0 Å². The molecule has 1 aromatic carbocycles. The predicted octanol–water partition coefficient (Wildman–Crippen LogP) is 2.54. The van der Waals surface area contributed by atoms with Gasteiger partial charge in [-0.25, -0.2) is 9.48 Å². The molecule has 0 N–H and O–H groups in total. The number of esters is 1. The molecule has 2 heterocycles. The smallest absolute Gasteiger partial charge is 0.359 e. The molecule has 25 heavy (non-hydrogen) atoms. The summed E-state index contributed by atoms with van der Waals surface area (Å²) in [5.41, 5.74) is 0.606. The Bertz CT molecular complexity index is 849. The van der Waals surface area contributed by atoms with Crippen LogP contribution in [0.2, 0.25) is 0 Å². The second-order valence-electron chi connectivity index (χ2n) is 5.44. The maximum atomic E-state index is 12.2. The molecule has 0 spiro atoms. The normalized spacial score (nSPS) is 12.7. The van der Waals surface area contributed by atoms with Crippen LogP contribution in [0.5, 0.6) is 11.5 Å². The molecular weight excluding hydrogens is 392 g/mol. The van der Waals surface area contributed by atoms with Crippen molar-refractivity contribution in [2.75, 3.05) is 13.2 Å². The molecule has 1 aliphatic heterocycles. The van der Waals surface area contributed by atoms with Crippen LogP contribution in [0.25, 0.3) is 0 Å². The molecule has 132 valence electrons. The third-order valence-electron chi connectivity index (χ3n) is 3.58. The highest BCUT2D eigenvalue weighted by Gasteiger charge is 2.17.